The highest BCUT2D eigenvalue weighted by atomic mass is 16.3. The highest BCUT2D eigenvalue weighted by molar-refractivity contribution is 5.96. The van der Waals surface area contributed by atoms with Gasteiger partial charge in [-0.05, 0) is 6.92 Å². The monoisotopic (exact) mass is 250 g/mol. The third-order valence-electron chi connectivity index (χ3n) is 3.75. The molecule has 1 aromatic rings. The van der Waals surface area contributed by atoms with Gasteiger partial charge in [0.05, 0.1) is 24.1 Å². The number of carbonyl (C=O) groups excluding carboxylic acids is 1. The summed E-state index contributed by atoms with van der Waals surface area (Å²) in [6.45, 7) is 4.36. The van der Waals surface area contributed by atoms with Crippen LogP contribution in [0.4, 0.5) is 5.69 Å². The maximum Gasteiger partial charge on any atom is 0.227 e. The van der Waals surface area contributed by atoms with Gasteiger partial charge in [-0.1, -0.05) is 0 Å². The van der Waals surface area contributed by atoms with Gasteiger partial charge in [0.15, 0.2) is 0 Å². The fraction of sp³-hybridized carbons (Fsp3) is 0.667. The molecule has 0 bridgehead atoms. The van der Waals surface area contributed by atoms with Crippen LogP contribution in [-0.4, -0.2) is 40.0 Å². The van der Waals surface area contributed by atoms with Crippen molar-refractivity contribution in [2.45, 2.75) is 32.5 Å². The van der Waals surface area contributed by atoms with Crippen LogP contribution in [0.5, 0.6) is 0 Å². The standard InChI is InChI=1S/C12H18N4O2/c1-8-5-16-11(3-13-8)10(4-14-16)15-6-9(7-17)2-12(15)18/h4,8-9,13,17H,2-3,5-7H2,1H3. The number of amides is 1. The maximum absolute atomic E-state index is 11.9. The molecule has 0 saturated carbocycles. The summed E-state index contributed by atoms with van der Waals surface area (Å²) in [6.07, 6.45) is 2.21. The van der Waals surface area contributed by atoms with Crippen LogP contribution in [0, 0.1) is 5.92 Å². The number of aliphatic hydroxyl groups is 1. The highest BCUT2D eigenvalue weighted by Crippen LogP contribution is 2.29. The molecule has 0 spiro atoms. The predicted octanol–water partition coefficient (Wildman–Crippen LogP) is -0.280. The molecule has 18 heavy (non-hydrogen) atoms. The number of nitrogens with one attached hydrogen (secondary N) is 1. The van der Waals surface area contributed by atoms with Crippen molar-refractivity contribution < 1.29 is 9.90 Å². The Bertz CT molecular complexity index is 471. The molecule has 98 valence electrons. The summed E-state index contributed by atoms with van der Waals surface area (Å²) in [4.78, 5) is 13.7. The van der Waals surface area contributed by atoms with Gasteiger partial charge in [0.1, 0.15) is 0 Å². The lowest BCUT2D eigenvalue weighted by atomic mass is 10.1. The zero-order valence-corrected chi connectivity index (χ0v) is 10.5. The van der Waals surface area contributed by atoms with Crippen LogP contribution in [0.3, 0.4) is 0 Å². The molecule has 2 aliphatic rings. The van der Waals surface area contributed by atoms with Crippen LogP contribution < -0.4 is 10.2 Å². The molecular weight excluding hydrogens is 232 g/mol. The van der Waals surface area contributed by atoms with E-state index in [1.807, 2.05) is 4.68 Å². The molecule has 0 radical (unpaired) electrons. The Morgan fingerprint density at radius 2 is 2.39 bits per heavy atom. The van der Waals surface area contributed by atoms with E-state index >= 15 is 0 Å². The smallest absolute Gasteiger partial charge is 0.227 e. The second kappa shape index (κ2) is 4.37. The first kappa shape index (κ1) is 11.7. The van der Waals surface area contributed by atoms with E-state index in [1.54, 1.807) is 11.1 Å². The van der Waals surface area contributed by atoms with Crippen LogP contribution in [0.1, 0.15) is 19.0 Å². The minimum absolute atomic E-state index is 0.0588. The first-order valence-electron chi connectivity index (χ1n) is 6.38. The largest absolute Gasteiger partial charge is 0.396 e. The van der Waals surface area contributed by atoms with Crippen molar-refractivity contribution >= 4 is 11.6 Å². The van der Waals surface area contributed by atoms with Crippen LogP contribution in [0.2, 0.25) is 0 Å². The first-order valence-corrected chi connectivity index (χ1v) is 6.38. The van der Waals surface area contributed by atoms with Gasteiger partial charge in [0, 0.05) is 38.1 Å². The molecular formula is C12H18N4O2. The fourth-order valence-electron chi connectivity index (χ4n) is 2.70. The van der Waals surface area contributed by atoms with E-state index in [0.717, 1.165) is 24.5 Å². The number of nitrogens with zero attached hydrogens (tertiary/aromatic N) is 3. The second-order valence-corrected chi connectivity index (χ2v) is 5.20. The van der Waals surface area contributed by atoms with Crippen molar-refractivity contribution in [2.75, 3.05) is 18.1 Å². The van der Waals surface area contributed by atoms with E-state index in [2.05, 4.69) is 17.3 Å². The summed E-state index contributed by atoms with van der Waals surface area (Å²) in [6, 6.07) is 0.407. The van der Waals surface area contributed by atoms with Gasteiger partial charge < -0.3 is 15.3 Å². The Hall–Kier alpha value is -1.40. The van der Waals surface area contributed by atoms with Crippen molar-refractivity contribution in [2.24, 2.45) is 5.92 Å². The van der Waals surface area contributed by atoms with Gasteiger partial charge in [-0.2, -0.15) is 5.10 Å². The van der Waals surface area contributed by atoms with Gasteiger partial charge in [-0.15, -0.1) is 0 Å². The molecule has 3 rings (SSSR count). The second-order valence-electron chi connectivity index (χ2n) is 5.20. The lowest BCUT2D eigenvalue weighted by Crippen LogP contribution is -2.38. The molecule has 1 saturated heterocycles. The number of hydrogen-bond acceptors (Lipinski definition) is 4. The van der Waals surface area contributed by atoms with Gasteiger partial charge in [0.25, 0.3) is 0 Å². The summed E-state index contributed by atoms with van der Waals surface area (Å²) in [7, 11) is 0. The van der Waals surface area contributed by atoms with Gasteiger partial charge in [0.2, 0.25) is 5.91 Å². The van der Waals surface area contributed by atoms with Crippen molar-refractivity contribution in [1.29, 1.82) is 0 Å². The van der Waals surface area contributed by atoms with Crippen molar-refractivity contribution in [1.82, 2.24) is 15.1 Å². The van der Waals surface area contributed by atoms with E-state index in [0.29, 0.717) is 19.0 Å². The molecule has 2 unspecified atom stereocenters. The fourth-order valence-corrected chi connectivity index (χ4v) is 2.70. The van der Waals surface area contributed by atoms with Crippen molar-refractivity contribution in [3.05, 3.63) is 11.9 Å². The first-order chi connectivity index (χ1) is 8.69. The highest BCUT2D eigenvalue weighted by Gasteiger charge is 2.33. The predicted molar refractivity (Wildman–Crippen MR) is 66.1 cm³/mol. The molecule has 1 aromatic heterocycles. The van der Waals surface area contributed by atoms with Crippen LogP contribution in [0.15, 0.2) is 6.20 Å². The Balaban J connectivity index is 1.87. The minimum atomic E-state index is 0.0588. The molecule has 2 N–H and O–H groups in total. The molecule has 3 heterocycles. The summed E-state index contributed by atoms with van der Waals surface area (Å²) in [5.74, 6) is 0.145. The third kappa shape index (κ3) is 1.81. The molecule has 0 aliphatic carbocycles. The zero-order valence-electron chi connectivity index (χ0n) is 10.5. The van der Waals surface area contributed by atoms with E-state index in [4.69, 9.17) is 5.11 Å². The Labute approximate surface area is 106 Å². The van der Waals surface area contributed by atoms with E-state index < -0.39 is 0 Å². The number of fused-ring (bicyclic) bond motifs is 1. The molecule has 2 atom stereocenters. The quantitative estimate of drug-likeness (QED) is 0.757. The van der Waals surface area contributed by atoms with Crippen molar-refractivity contribution in [3.63, 3.8) is 0 Å². The Morgan fingerprint density at radius 1 is 1.56 bits per heavy atom. The summed E-state index contributed by atoms with van der Waals surface area (Å²) in [5.41, 5.74) is 1.97. The van der Waals surface area contributed by atoms with Crippen LogP contribution >= 0.6 is 0 Å². The van der Waals surface area contributed by atoms with Gasteiger partial charge in [-0.25, -0.2) is 0 Å². The molecule has 1 amide bonds. The number of hydrogen-bond donors (Lipinski definition) is 2. The third-order valence-corrected chi connectivity index (χ3v) is 3.75. The average molecular weight is 250 g/mol. The normalized spacial score (nSPS) is 27.7. The summed E-state index contributed by atoms with van der Waals surface area (Å²) < 4.78 is 1.97. The molecule has 6 heteroatoms. The number of aliphatic hydroxyl groups excluding tert-OH is 1. The number of anilines is 1. The van der Waals surface area contributed by atoms with E-state index in [1.165, 1.54) is 0 Å². The van der Waals surface area contributed by atoms with Crippen molar-refractivity contribution in [3.8, 4) is 0 Å². The van der Waals surface area contributed by atoms with Crippen LogP contribution in [0.25, 0.3) is 0 Å². The minimum Gasteiger partial charge on any atom is -0.396 e. The SMILES string of the molecule is CC1Cn2ncc(N3CC(CO)CC3=O)c2CN1. The van der Waals surface area contributed by atoms with Gasteiger partial charge >= 0.3 is 0 Å². The summed E-state index contributed by atoms with van der Waals surface area (Å²) >= 11 is 0. The van der Waals surface area contributed by atoms with Crippen LogP contribution in [-0.2, 0) is 17.9 Å². The number of carbonyl (C=O) groups is 1. The molecule has 6 nitrogen and oxygen atoms in total. The zero-order chi connectivity index (χ0) is 12.7. The lowest BCUT2D eigenvalue weighted by molar-refractivity contribution is -0.117. The Kier molecular flexibility index (Phi) is 2.83. The maximum atomic E-state index is 11.9. The number of aromatic nitrogens is 2. The topological polar surface area (TPSA) is 70.4 Å². The van der Waals surface area contributed by atoms with E-state index in [-0.39, 0.29) is 18.4 Å². The molecule has 1 fully saturated rings. The molecule has 2 aliphatic heterocycles. The van der Waals surface area contributed by atoms with Gasteiger partial charge in [-0.3, -0.25) is 9.48 Å². The Morgan fingerprint density at radius 3 is 3.11 bits per heavy atom. The lowest BCUT2D eigenvalue weighted by Gasteiger charge is -2.24. The molecule has 0 aromatic carbocycles. The average Bonchev–Trinajstić information content (AvgIpc) is 2.91. The van der Waals surface area contributed by atoms with E-state index in [9.17, 15) is 4.79 Å². The summed E-state index contributed by atoms with van der Waals surface area (Å²) in [5, 5.41) is 16.9. The number of rotatable bonds is 2.